The van der Waals surface area contributed by atoms with Crippen LogP contribution in [0, 0.1) is 0 Å². The van der Waals surface area contributed by atoms with E-state index in [9.17, 15) is 4.79 Å². The monoisotopic (exact) mass is 307 g/mol. The molecule has 3 aromatic rings. The fourth-order valence-electron chi connectivity index (χ4n) is 2.29. The molecule has 0 aromatic heterocycles. The summed E-state index contributed by atoms with van der Waals surface area (Å²) < 4.78 is 10.6. The molecular weight excluding hydrogens is 290 g/mol. The average molecular weight is 307 g/mol. The molecule has 0 aliphatic heterocycles. The van der Waals surface area contributed by atoms with Crippen LogP contribution < -0.4 is 10.1 Å². The Morgan fingerprint density at radius 3 is 2.43 bits per heavy atom. The SMILES string of the molecule is O=C(Nc1cccc2ccccc12)OCCOc1ccccc1. The van der Waals surface area contributed by atoms with E-state index in [-0.39, 0.29) is 6.61 Å². The summed E-state index contributed by atoms with van der Waals surface area (Å²) in [5, 5.41) is 4.81. The molecule has 0 saturated carbocycles. The van der Waals surface area contributed by atoms with Gasteiger partial charge in [-0.1, -0.05) is 54.6 Å². The quantitative estimate of drug-likeness (QED) is 0.708. The van der Waals surface area contributed by atoms with E-state index in [1.165, 1.54) is 0 Å². The van der Waals surface area contributed by atoms with Crippen LogP contribution in [0.3, 0.4) is 0 Å². The molecule has 0 unspecified atom stereocenters. The lowest BCUT2D eigenvalue weighted by molar-refractivity contribution is 0.138. The number of carbonyl (C=O) groups excluding carboxylic acids is 1. The third-order valence-corrected chi connectivity index (χ3v) is 3.35. The summed E-state index contributed by atoms with van der Waals surface area (Å²) in [6.45, 7) is 0.498. The number of nitrogens with one attached hydrogen (secondary N) is 1. The zero-order chi connectivity index (χ0) is 15.9. The number of hydrogen-bond acceptors (Lipinski definition) is 3. The van der Waals surface area contributed by atoms with Gasteiger partial charge in [-0.2, -0.15) is 0 Å². The van der Waals surface area contributed by atoms with E-state index in [2.05, 4.69) is 5.32 Å². The molecule has 3 aromatic carbocycles. The predicted molar refractivity (Wildman–Crippen MR) is 90.9 cm³/mol. The van der Waals surface area contributed by atoms with Crippen molar-refractivity contribution in [2.45, 2.75) is 0 Å². The number of amides is 1. The van der Waals surface area contributed by atoms with Gasteiger partial charge in [-0.05, 0) is 23.6 Å². The second-order valence-electron chi connectivity index (χ2n) is 4.95. The Balaban J connectivity index is 1.51. The highest BCUT2D eigenvalue weighted by molar-refractivity contribution is 6.00. The number of anilines is 1. The molecule has 0 spiro atoms. The fourth-order valence-corrected chi connectivity index (χ4v) is 2.29. The van der Waals surface area contributed by atoms with Crippen LogP contribution in [-0.2, 0) is 4.74 Å². The number of carbonyl (C=O) groups is 1. The van der Waals surface area contributed by atoms with Crippen molar-refractivity contribution >= 4 is 22.6 Å². The molecule has 0 heterocycles. The average Bonchev–Trinajstić information content (AvgIpc) is 2.60. The van der Waals surface area contributed by atoms with Crippen LogP contribution in [0.25, 0.3) is 10.8 Å². The molecule has 0 saturated heterocycles. The number of ether oxygens (including phenoxy) is 2. The van der Waals surface area contributed by atoms with Crippen molar-refractivity contribution in [2.75, 3.05) is 18.5 Å². The van der Waals surface area contributed by atoms with E-state index in [1.54, 1.807) is 0 Å². The molecule has 0 atom stereocenters. The van der Waals surface area contributed by atoms with Crippen molar-refractivity contribution in [1.82, 2.24) is 0 Å². The molecule has 1 N–H and O–H groups in total. The molecule has 0 radical (unpaired) electrons. The Morgan fingerprint density at radius 2 is 1.57 bits per heavy atom. The van der Waals surface area contributed by atoms with Crippen LogP contribution in [0.4, 0.5) is 10.5 Å². The highest BCUT2D eigenvalue weighted by Gasteiger charge is 2.06. The first-order chi connectivity index (χ1) is 11.3. The minimum Gasteiger partial charge on any atom is -0.490 e. The maximum absolute atomic E-state index is 11.9. The van der Waals surface area contributed by atoms with Gasteiger partial charge in [-0.25, -0.2) is 4.79 Å². The summed E-state index contributed by atoms with van der Waals surface area (Å²) in [7, 11) is 0. The highest BCUT2D eigenvalue weighted by Crippen LogP contribution is 2.22. The van der Waals surface area contributed by atoms with Crippen molar-refractivity contribution < 1.29 is 14.3 Å². The van der Waals surface area contributed by atoms with Crippen LogP contribution in [0.1, 0.15) is 0 Å². The van der Waals surface area contributed by atoms with E-state index in [4.69, 9.17) is 9.47 Å². The van der Waals surface area contributed by atoms with E-state index in [1.807, 2.05) is 72.8 Å². The number of para-hydroxylation sites is 1. The fraction of sp³-hybridized carbons (Fsp3) is 0.105. The zero-order valence-corrected chi connectivity index (χ0v) is 12.6. The van der Waals surface area contributed by atoms with Gasteiger partial charge in [0.25, 0.3) is 0 Å². The van der Waals surface area contributed by atoms with Gasteiger partial charge >= 0.3 is 6.09 Å². The van der Waals surface area contributed by atoms with Crippen molar-refractivity contribution in [2.24, 2.45) is 0 Å². The summed E-state index contributed by atoms with van der Waals surface area (Å²) in [4.78, 5) is 11.9. The molecule has 0 aliphatic carbocycles. The van der Waals surface area contributed by atoms with Gasteiger partial charge in [0.2, 0.25) is 0 Å². The van der Waals surface area contributed by atoms with Crippen LogP contribution in [0.2, 0.25) is 0 Å². The Kier molecular flexibility index (Phi) is 4.74. The van der Waals surface area contributed by atoms with Gasteiger partial charge in [0, 0.05) is 5.39 Å². The molecule has 1 amide bonds. The number of benzene rings is 3. The number of fused-ring (bicyclic) bond motifs is 1. The molecule has 116 valence electrons. The van der Waals surface area contributed by atoms with Crippen LogP contribution >= 0.6 is 0 Å². The van der Waals surface area contributed by atoms with Crippen LogP contribution in [0.15, 0.2) is 72.8 Å². The van der Waals surface area contributed by atoms with E-state index in [0.717, 1.165) is 22.2 Å². The zero-order valence-electron chi connectivity index (χ0n) is 12.6. The van der Waals surface area contributed by atoms with Crippen molar-refractivity contribution in [3.05, 3.63) is 72.8 Å². The predicted octanol–water partition coefficient (Wildman–Crippen LogP) is 4.47. The Hall–Kier alpha value is -3.01. The molecule has 4 heteroatoms. The molecule has 0 aliphatic rings. The van der Waals surface area contributed by atoms with Crippen molar-refractivity contribution in [1.29, 1.82) is 0 Å². The van der Waals surface area contributed by atoms with E-state index in [0.29, 0.717) is 6.61 Å². The normalized spacial score (nSPS) is 10.3. The second kappa shape index (κ2) is 7.31. The second-order valence-corrected chi connectivity index (χ2v) is 4.95. The topological polar surface area (TPSA) is 47.6 Å². The van der Waals surface area contributed by atoms with Crippen molar-refractivity contribution in [3.63, 3.8) is 0 Å². The summed E-state index contributed by atoms with van der Waals surface area (Å²) >= 11 is 0. The molecule has 0 bridgehead atoms. The van der Waals surface area contributed by atoms with Crippen molar-refractivity contribution in [3.8, 4) is 5.75 Å². The van der Waals surface area contributed by atoms with Crippen LogP contribution in [0.5, 0.6) is 5.75 Å². The molecule has 3 rings (SSSR count). The first-order valence-corrected chi connectivity index (χ1v) is 7.42. The first-order valence-electron chi connectivity index (χ1n) is 7.42. The number of hydrogen-bond donors (Lipinski definition) is 1. The van der Waals surface area contributed by atoms with Gasteiger partial charge < -0.3 is 9.47 Å². The Morgan fingerprint density at radius 1 is 0.826 bits per heavy atom. The number of rotatable bonds is 5. The summed E-state index contributed by atoms with van der Waals surface area (Å²) in [6, 6.07) is 23.0. The van der Waals surface area contributed by atoms with E-state index >= 15 is 0 Å². The summed E-state index contributed by atoms with van der Waals surface area (Å²) in [6.07, 6.45) is -0.488. The van der Waals surface area contributed by atoms with Gasteiger partial charge in [-0.15, -0.1) is 0 Å². The standard InChI is InChI=1S/C19H17NO3/c21-19(23-14-13-22-16-9-2-1-3-10-16)20-18-12-6-8-15-7-4-5-11-17(15)18/h1-12H,13-14H2,(H,20,21). The first kappa shape index (κ1) is 14.9. The minimum atomic E-state index is -0.488. The largest absolute Gasteiger partial charge is 0.490 e. The summed E-state index contributed by atoms with van der Waals surface area (Å²) in [5.41, 5.74) is 0.733. The molecular formula is C19H17NO3. The lowest BCUT2D eigenvalue weighted by atomic mass is 10.1. The third-order valence-electron chi connectivity index (χ3n) is 3.35. The van der Waals surface area contributed by atoms with E-state index < -0.39 is 6.09 Å². The van der Waals surface area contributed by atoms with Gasteiger partial charge in [0.05, 0.1) is 5.69 Å². The smallest absolute Gasteiger partial charge is 0.411 e. The molecule has 4 nitrogen and oxygen atoms in total. The maximum Gasteiger partial charge on any atom is 0.411 e. The Bertz CT molecular complexity index is 781. The molecule has 23 heavy (non-hydrogen) atoms. The highest BCUT2D eigenvalue weighted by atomic mass is 16.6. The molecule has 0 fully saturated rings. The van der Waals surface area contributed by atoms with Gasteiger partial charge in [0.15, 0.2) is 0 Å². The van der Waals surface area contributed by atoms with Gasteiger partial charge in [-0.3, -0.25) is 5.32 Å². The third kappa shape index (κ3) is 4.01. The lowest BCUT2D eigenvalue weighted by Gasteiger charge is -2.10. The Labute approximate surface area is 134 Å². The lowest BCUT2D eigenvalue weighted by Crippen LogP contribution is -2.17. The summed E-state index contributed by atoms with van der Waals surface area (Å²) in [5.74, 6) is 0.755. The minimum absolute atomic E-state index is 0.186. The maximum atomic E-state index is 11.9. The van der Waals surface area contributed by atoms with Gasteiger partial charge in [0.1, 0.15) is 19.0 Å². The van der Waals surface area contributed by atoms with Crippen LogP contribution in [-0.4, -0.2) is 19.3 Å².